The predicted octanol–water partition coefficient (Wildman–Crippen LogP) is 4.69. The van der Waals surface area contributed by atoms with Crippen molar-refractivity contribution in [2.45, 2.75) is 25.4 Å². The van der Waals surface area contributed by atoms with Crippen LogP contribution < -0.4 is 15.8 Å². The molecule has 1 aliphatic heterocycles. The number of hydrogen-bond acceptors (Lipinski definition) is 6. The summed E-state index contributed by atoms with van der Waals surface area (Å²) in [5.41, 5.74) is 5.92. The van der Waals surface area contributed by atoms with Crippen LogP contribution in [0.3, 0.4) is 0 Å². The fourth-order valence-electron chi connectivity index (χ4n) is 4.05. The normalized spacial score (nSPS) is 15.3. The molecule has 0 spiro atoms. The van der Waals surface area contributed by atoms with Gasteiger partial charge in [-0.05, 0) is 56.3 Å². The monoisotopic (exact) mass is 505 g/mol. The predicted molar refractivity (Wildman–Crippen MR) is 131 cm³/mol. The number of rotatable bonds is 8. The molecule has 1 atom stereocenters. The highest BCUT2D eigenvalue weighted by atomic mass is 35.5. The maximum atomic E-state index is 13.2. The lowest BCUT2D eigenvalue weighted by Crippen LogP contribution is -2.38. The number of primary amides is 1. The van der Waals surface area contributed by atoms with Crippen LogP contribution in [0.5, 0.6) is 5.75 Å². The fourth-order valence-corrected chi connectivity index (χ4v) is 4.55. The van der Waals surface area contributed by atoms with Crippen LogP contribution >= 0.6 is 23.2 Å². The number of urea groups is 1. The number of carbonyl (C=O) groups is 2. The summed E-state index contributed by atoms with van der Waals surface area (Å²) in [7, 11) is 0. The van der Waals surface area contributed by atoms with Crippen LogP contribution in [0.2, 0.25) is 10.0 Å². The Labute approximate surface area is 206 Å². The van der Waals surface area contributed by atoms with Crippen molar-refractivity contribution in [3.8, 4) is 5.75 Å². The smallest absolute Gasteiger partial charge is 0.316 e. The second-order valence-electron chi connectivity index (χ2n) is 8.23. The molecule has 1 fully saturated rings. The van der Waals surface area contributed by atoms with E-state index in [1.807, 2.05) is 0 Å². The average molecular weight is 506 g/mol. The van der Waals surface area contributed by atoms with Crippen LogP contribution in [0.1, 0.15) is 35.4 Å². The number of aliphatic hydroxyl groups is 1. The van der Waals surface area contributed by atoms with E-state index in [0.29, 0.717) is 28.3 Å². The van der Waals surface area contributed by atoms with Gasteiger partial charge in [-0.15, -0.1) is 0 Å². The Bertz CT molecular complexity index is 1210. The molecule has 4 N–H and O–H groups in total. The molecule has 3 aromatic rings. The minimum absolute atomic E-state index is 0.112. The Morgan fingerprint density at radius 3 is 2.62 bits per heavy atom. The molecule has 10 heteroatoms. The summed E-state index contributed by atoms with van der Waals surface area (Å²) in [5.74, 6) is -0.213. The number of piperidine rings is 1. The lowest BCUT2D eigenvalue weighted by atomic mass is 10.1. The van der Waals surface area contributed by atoms with Gasteiger partial charge in [0.05, 0.1) is 5.02 Å². The maximum Gasteiger partial charge on any atom is 0.316 e. The van der Waals surface area contributed by atoms with E-state index in [2.05, 4.69) is 10.2 Å². The third kappa shape index (κ3) is 5.64. The van der Waals surface area contributed by atoms with Crippen molar-refractivity contribution < 1.29 is 23.8 Å². The number of aliphatic hydroxyl groups excluding tert-OH is 1. The van der Waals surface area contributed by atoms with E-state index in [9.17, 15) is 14.7 Å². The molecule has 0 radical (unpaired) electrons. The number of likely N-dealkylation sites (tertiary alicyclic amines) is 1. The van der Waals surface area contributed by atoms with Crippen LogP contribution in [0.25, 0.3) is 11.0 Å². The molecular formula is C24H25Cl2N3O5. The number of amides is 2. The fraction of sp³-hybridized carbons (Fsp3) is 0.333. The van der Waals surface area contributed by atoms with Crippen molar-refractivity contribution in [2.75, 3.05) is 31.6 Å². The molecule has 2 amide bonds. The van der Waals surface area contributed by atoms with Crippen LogP contribution in [0.4, 0.5) is 10.5 Å². The molecule has 180 valence electrons. The summed E-state index contributed by atoms with van der Waals surface area (Å²) in [5, 5.41) is 13.8. The van der Waals surface area contributed by atoms with E-state index in [0.717, 1.165) is 25.9 Å². The summed E-state index contributed by atoms with van der Waals surface area (Å²) in [4.78, 5) is 27.0. The summed E-state index contributed by atoms with van der Waals surface area (Å²) in [6, 6.07) is 8.52. The van der Waals surface area contributed by atoms with E-state index in [-0.39, 0.29) is 28.6 Å². The maximum absolute atomic E-state index is 13.2. The zero-order chi connectivity index (χ0) is 24.2. The van der Waals surface area contributed by atoms with E-state index in [1.54, 1.807) is 18.2 Å². The number of nitrogens with zero attached hydrogens (tertiary/aromatic N) is 1. The zero-order valence-electron chi connectivity index (χ0n) is 18.4. The molecule has 0 unspecified atom stereocenters. The topological polar surface area (TPSA) is 118 Å². The quantitative estimate of drug-likeness (QED) is 0.382. The second kappa shape index (κ2) is 10.7. The number of nitrogens with two attached hydrogens (primary N) is 1. The van der Waals surface area contributed by atoms with E-state index in [4.69, 9.17) is 38.1 Å². The van der Waals surface area contributed by atoms with E-state index < -0.39 is 17.9 Å². The van der Waals surface area contributed by atoms with Gasteiger partial charge in [-0.3, -0.25) is 4.79 Å². The van der Waals surface area contributed by atoms with Gasteiger partial charge in [-0.1, -0.05) is 29.6 Å². The molecule has 1 aliphatic rings. The van der Waals surface area contributed by atoms with Crippen molar-refractivity contribution in [2.24, 2.45) is 5.73 Å². The third-order valence-corrected chi connectivity index (χ3v) is 6.20. The number of fused-ring (bicyclic) bond motifs is 1. The first kappa shape index (κ1) is 24.3. The largest absolute Gasteiger partial charge is 0.491 e. The molecule has 34 heavy (non-hydrogen) atoms. The van der Waals surface area contributed by atoms with Crippen molar-refractivity contribution in [1.82, 2.24) is 4.90 Å². The molecule has 2 heterocycles. The summed E-state index contributed by atoms with van der Waals surface area (Å²) in [6.45, 7) is 2.64. The summed E-state index contributed by atoms with van der Waals surface area (Å²) < 4.78 is 11.6. The van der Waals surface area contributed by atoms with Gasteiger partial charge in [-0.25, -0.2) is 4.79 Å². The molecule has 0 saturated carbocycles. The van der Waals surface area contributed by atoms with Crippen LogP contribution in [-0.2, 0) is 0 Å². The van der Waals surface area contributed by atoms with Gasteiger partial charge in [-0.2, -0.15) is 0 Å². The third-order valence-electron chi connectivity index (χ3n) is 5.65. The van der Waals surface area contributed by atoms with Gasteiger partial charge in [0.25, 0.3) is 0 Å². The highest BCUT2D eigenvalue weighted by Gasteiger charge is 2.25. The van der Waals surface area contributed by atoms with E-state index in [1.165, 1.54) is 24.6 Å². The highest BCUT2D eigenvalue weighted by Crippen LogP contribution is 2.36. The first-order valence-electron chi connectivity index (χ1n) is 11.0. The molecule has 1 aromatic heterocycles. The summed E-state index contributed by atoms with van der Waals surface area (Å²) in [6.07, 6.45) is 2.88. The molecule has 0 bridgehead atoms. The number of anilines is 1. The average Bonchev–Trinajstić information content (AvgIpc) is 3.15. The van der Waals surface area contributed by atoms with E-state index >= 15 is 0 Å². The molecule has 0 aliphatic carbocycles. The standard InChI is InChI=1S/C24H25Cl2N3O5/c25-14-4-6-17(19(26)10-14)22(31)23-21(28-24(27)32)18-7-5-16(11-20(18)34-23)33-13-15(30)12-29-8-2-1-3-9-29/h4-7,10-11,15,30H,1-3,8-9,12-13H2,(H3,27,28,32)/t15-/m0/s1. The van der Waals surface area contributed by atoms with Crippen molar-refractivity contribution >= 4 is 51.7 Å². The number of ketones is 1. The summed E-state index contributed by atoms with van der Waals surface area (Å²) >= 11 is 12.1. The second-order valence-corrected chi connectivity index (χ2v) is 9.08. The van der Waals surface area contributed by atoms with Crippen LogP contribution in [-0.4, -0.2) is 54.2 Å². The molecule has 8 nitrogen and oxygen atoms in total. The first-order chi connectivity index (χ1) is 16.3. The van der Waals surface area contributed by atoms with Gasteiger partial charge in [0.1, 0.15) is 29.7 Å². The van der Waals surface area contributed by atoms with Gasteiger partial charge < -0.3 is 30.2 Å². The molecule has 4 rings (SSSR count). The first-order valence-corrected chi connectivity index (χ1v) is 11.7. The van der Waals surface area contributed by atoms with Gasteiger partial charge in [0.15, 0.2) is 5.76 Å². The molecule has 2 aromatic carbocycles. The number of furan rings is 1. The Morgan fingerprint density at radius 2 is 1.91 bits per heavy atom. The lowest BCUT2D eigenvalue weighted by Gasteiger charge is -2.28. The number of β-amino-alcohol motifs (C(OH)–C–C–N with tert-alkyl or cyclic N) is 1. The molecular weight excluding hydrogens is 481 g/mol. The van der Waals surface area contributed by atoms with Gasteiger partial charge >= 0.3 is 6.03 Å². The van der Waals surface area contributed by atoms with Crippen molar-refractivity contribution in [3.05, 3.63) is 57.8 Å². The van der Waals surface area contributed by atoms with Crippen LogP contribution in [0, 0.1) is 0 Å². The number of carbonyl (C=O) groups excluding carboxylic acids is 2. The lowest BCUT2D eigenvalue weighted by molar-refractivity contribution is 0.0617. The Balaban J connectivity index is 1.56. The minimum Gasteiger partial charge on any atom is -0.491 e. The number of hydrogen-bond donors (Lipinski definition) is 3. The Morgan fingerprint density at radius 1 is 1.15 bits per heavy atom. The number of ether oxygens (including phenoxy) is 1. The number of halogens is 2. The SMILES string of the molecule is NC(=O)Nc1c(C(=O)c2ccc(Cl)cc2Cl)oc2cc(OC[C@@H](O)CN3CCCCC3)ccc12. The zero-order valence-corrected chi connectivity index (χ0v) is 19.9. The van der Waals surface area contributed by atoms with Crippen molar-refractivity contribution in [3.63, 3.8) is 0 Å². The Hall–Kier alpha value is -2.78. The Kier molecular flexibility index (Phi) is 7.63. The van der Waals surface area contributed by atoms with Gasteiger partial charge in [0, 0.05) is 28.6 Å². The highest BCUT2D eigenvalue weighted by molar-refractivity contribution is 6.37. The van der Waals surface area contributed by atoms with Crippen molar-refractivity contribution in [1.29, 1.82) is 0 Å². The molecule has 1 saturated heterocycles. The number of benzene rings is 2. The minimum atomic E-state index is -0.847. The van der Waals surface area contributed by atoms with Gasteiger partial charge in [0.2, 0.25) is 5.78 Å². The number of nitrogens with one attached hydrogen (secondary N) is 1. The van der Waals surface area contributed by atoms with Crippen LogP contribution in [0.15, 0.2) is 40.8 Å².